The number of sulfonamides is 1. The number of benzene rings is 1. The van der Waals surface area contributed by atoms with Crippen LogP contribution in [0.15, 0.2) is 18.2 Å². The molecule has 25 heavy (non-hydrogen) atoms. The Bertz CT molecular complexity index is 719. The van der Waals surface area contributed by atoms with Crippen molar-refractivity contribution in [2.24, 2.45) is 0 Å². The van der Waals surface area contributed by atoms with Gasteiger partial charge in [-0.1, -0.05) is 12.1 Å². The third kappa shape index (κ3) is 4.96. The lowest BCUT2D eigenvalue weighted by atomic mass is 10.0. The molecular weight excluding hydrogens is 354 g/mol. The zero-order chi connectivity index (χ0) is 18.6. The molecule has 0 aliphatic carbocycles. The second kappa shape index (κ2) is 8.20. The van der Waals surface area contributed by atoms with Gasteiger partial charge in [0.1, 0.15) is 0 Å². The van der Waals surface area contributed by atoms with Crippen LogP contribution in [0.25, 0.3) is 0 Å². The Labute approximate surface area is 146 Å². The highest BCUT2D eigenvalue weighted by atomic mass is 32.2. The van der Waals surface area contributed by atoms with Gasteiger partial charge in [0.2, 0.25) is 10.0 Å². The fourth-order valence-corrected chi connectivity index (χ4v) is 4.18. The number of carboxylic acids is 1. The van der Waals surface area contributed by atoms with E-state index in [1.807, 2.05) is 0 Å². The first-order valence-electron chi connectivity index (χ1n) is 8.11. The average molecular weight is 376 g/mol. The summed E-state index contributed by atoms with van der Waals surface area (Å²) in [4.78, 5) is 12.7. The summed E-state index contributed by atoms with van der Waals surface area (Å²) in [5, 5.41) is 9.12. The number of hydrogen-bond acceptors (Lipinski definition) is 4. The van der Waals surface area contributed by atoms with Crippen LogP contribution in [0.5, 0.6) is 0 Å². The summed E-state index contributed by atoms with van der Waals surface area (Å²) in [6.07, 6.45) is 0.896. The lowest BCUT2D eigenvalue weighted by molar-refractivity contribution is -0.139. The number of rotatable bonds is 7. The average Bonchev–Trinajstić information content (AvgIpc) is 2.58. The lowest BCUT2D eigenvalue weighted by Gasteiger charge is -2.37. The van der Waals surface area contributed by atoms with Crippen LogP contribution in [0.4, 0.5) is 8.78 Å². The van der Waals surface area contributed by atoms with Crippen molar-refractivity contribution in [3.8, 4) is 0 Å². The van der Waals surface area contributed by atoms with Crippen LogP contribution in [-0.4, -0.2) is 60.1 Å². The first-order valence-corrected chi connectivity index (χ1v) is 9.72. The number of nitrogens with zero attached hydrogens (tertiary/aromatic N) is 2. The molecule has 0 atom stereocenters. The molecule has 0 saturated carbocycles. The fourth-order valence-electron chi connectivity index (χ4n) is 3.05. The molecule has 6 nitrogen and oxygen atoms in total. The molecule has 0 amide bonds. The van der Waals surface area contributed by atoms with Gasteiger partial charge in [-0.3, -0.25) is 9.69 Å². The highest BCUT2D eigenvalue weighted by Gasteiger charge is 2.31. The van der Waals surface area contributed by atoms with Crippen molar-refractivity contribution in [1.82, 2.24) is 9.21 Å². The van der Waals surface area contributed by atoms with E-state index < -0.39 is 27.6 Å². The Balaban J connectivity index is 2.11. The molecule has 0 radical (unpaired) electrons. The number of carboxylic acid groups (broad SMARTS) is 1. The first-order chi connectivity index (χ1) is 11.7. The summed E-state index contributed by atoms with van der Waals surface area (Å²) in [7, 11) is -3.28. The van der Waals surface area contributed by atoms with Gasteiger partial charge in [0.25, 0.3) is 0 Å². The fraction of sp³-hybridized carbons (Fsp3) is 0.562. The van der Waals surface area contributed by atoms with Gasteiger partial charge in [0, 0.05) is 31.2 Å². The molecule has 0 spiro atoms. The maximum absolute atomic E-state index is 13.9. The Morgan fingerprint density at radius 1 is 1.32 bits per heavy atom. The second-order valence-electron chi connectivity index (χ2n) is 6.04. The monoisotopic (exact) mass is 376 g/mol. The third-order valence-corrected chi connectivity index (χ3v) is 6.32. The highest BCUT2D eigenvalue weighted by Crippen LogP contribution is 2.22. The zero-order valence-electron chi connectivity index (χ0n) is 14.0. The van der Waals surface area contributed by atoms with Crippen molar-refractivity contribution < 1.29 is 27.1 Å². The van der Waals surface area contributed by atoms with E-state index >= 15 is 0 Å². The van der Waals surface area contributed by atoms with Crippen LogP contribution >= 0.6 is 0 Å². The molecule has 1 saturated heterocycles. The number of aliphatic carboxylic acids is 1. The van der Waals surface area contributed by atoms with Crippen molar-refractivity contribution in [2.75, 3.05) is 25.4 Å². The molecule has 140 valence electrons. The Morgan fingerprint density at radius 3 is 2.52 bits per heavy atom. The van der Waals surface area contributed by atoms with Crippen molar-refractivity contribution in [3.63, 3.8) is 0 Å². The van der Waals surface area contributed by atoms with E-state index in [1.165, 1.54) is 16.4 Å². The number of hydrogen-bond donors (Lipinski definition) is 1. The topological polar surface area (TPSA) is 77.9 Å². The summed E-state index contributed by atoms with van der Waals surface area (Å²) in [5.41, 5.74) is 0.0878. The van der Waals surface area contributed by atoms with E-state index in [1.54, 1.807) is 11.8 Å². The lowest BCUT2D eigenvalue weighted by Crippen LogP contribution is -2.48. The maximum Gasteiger partial charge on any atom is 0.317 e. The molecular formula is C16H22F2N2O4S. The first kappa shape index (κ1) is 19.7. The smallest absolute Gasteiger partial charge is 0.317 e. The van der Waals surface area contributed by atoms with Gasteiger partial charge < -0.3 is 5.11 Å². The molecule has 0 aromatic heterocycles. The molecule has 1 fully saturated rings. The molecule has 2 rings (SSSR count). The van der Waals surface area contributed by atoms with Crippen molar-refractivity contribution in [2.45, 2.75) is 32.4 Å². The van der Waals surface area contributed by atoms with Gasteiger partial charge in [-0.05, 0) is 25.8 Å². The van der Waals surface area contributed by atoms with Gasteiger partial charge in [0.05, 0.1) is 12.3 Å². The maximum atomic E-state index is 13.9. The molecule has 1 aliphatic rings. The second-order valence-corrected chi connectivity index (χ2v) is 8.30. The van der Waals surface area contributed by atoms with Gasteiger partial charge in [-0.25, -0.2) is 21.5 Å². The number of carbonyl (C=O) groups is 1. The van der Waals surface area contributed by atoms with Crippen molar-refractivity contribution >= 4 is 16.0 Å². The SMILES string of the molecule is CCS(=O)(=O)N1CCC(N(CC(=O)O)Cc2cccc(F)c2F)CC1. The Hall–Kier alpha value is -1.58. The molecule has 1 heterocycles. The van der Waals surface area contributed by atoms with E-state index in [4.69, 9.17) is 5.11 Å². The normalized spacial score (nSPS) is 17.1. The quantitative estimate of drug-likeness (QED) is 0.783. The van der Waals surface area contributed by atoms with Crippen LogP contribution in [0.3, 0.4) is 0 Å². The molecule has 1 aliphatic heterocycles. The summed E-state index contributed by atoms with van der Waals surface area (Å²) < 4.78 is 52.5. The summed E-state index contributed by atoms with van der Waals surface area (Å²) in [6, 6.07) is 3.60. The third-order valence-electron chi connectivity index (χ3n) is 4.44. The minimum Gasteiger partial charge on any atom is -0.480 e. The summed E-state index contributed by atoms with van der Waals surface area (Å²) in [5.74, 6) is -3.01. The van der Waals surface area contributed by atoms with Gasteiger partial charge in [-0.15, -0.1) is 0 Å². The molecule has 0 unspecified atom stereocenters. The zero-order valence-corrected chi connectivity index (χ0v) is 14.8. The molecule has 1 aromatic rings. The van der Waals surface area contributed by atoms with Crippen LogP contribution < -0.4 is 0 Å². The van der Waals surface area contributed by atoms with E-state index in [2.05, 4.69) is 0 Å². The van der Waals surface area contributed by atoms with Crippen molar-refractivity contribution in [3.05, 3.63) is 35.4 Å². The van der Waals surface area contributed by atoms with Crippen molar-refractivity contribution in [1.29, 1.82) is 0 Å². The van der Waals surface area contributed by atoms with Gasteiger partial charge in [0.15, 0.2) is 11.6 Å². The predicted octanol–water partition coefficient (Wildman–Crippen LogP) is 1.67. The largest absolute Gasteiger partial charge is 0.480 e. The minimum atomic E-state index is -3.28. The van der Waals surface area contributed by atoms with Crippen LogP contribution in [0, 0.1) is 11.6 Å². The highest BCUT2D eigenvalue weighted by molar-refractivity contribution is 7.89. The summed E-state index contributed by atoms with van der Waals surface area (Å²) >= 11 is 0. The molecule has 1 aromatic carbocycles. The van der Waals surface area contributed by atoms with E-state index in [9.17, 15) is 22.0 Å². The van der Waals surface area contributed by atoms with Gasteiger partial charge >= 0.3 is 5.97 Å². The van der Waals surface area contributed by atoms with Crippen LogP contribution in [0.1, 0.15) is 25.3 Å². The molecule has 0 bridgehead atoms. The van der Waals surface area contributed by atoms with Gasteiger partial charge in [-0.2, -0.15) is 0 Å². The minimum absolute atomic E-state index is 0.0189. The Kier molecular flexibility index (Phi) is 6.47. The molecule has 9 heteroatoms. The van der Waals surface area contributed by atoms with E-state index in [0.717, 1.165) is 6.07 Å². The van der Waals surface area contributed by atoms with Crippen LogP contribution in [0.2, 0.25) is 0 Å². The number of halogens is 2. The van der Waals surface area contributed by atoms with E-state index in [-0.39, 0.29) is 30.4 Å². The Morgan fingerprint density at radius 2 is 1.96 bits per heavy atom. The van der Waals surface area contributed by atoms with E-state index in [0.29, 0.717) is 25.9 Å². The van der Waals surface area contributed by atoms with Crippen LogP contribution in [-0.2, 0) is 21.4 Å². The summed E-state index contributed by atoms with van der Waals surface area (Å²) in [6.45, 7) is 1.80. The predicted molar refractivity (Wildman–Crippen MR) is 88.5 cm³/mol. The standard InChI is InChI=1S/C16H22F2N2O4S/c1-2-25(23,24)20-8-6-13(7-9-20)19(11-15(21)22)10-12-4-3-5-14(17)16(12)18/h3-5,13H,2,6-11H2,1H3,(H,21,22). The molecule has 1 N–H and O–H groups in total. The number of piperidine rings is 1.